The zero-order chi connectivity index (χ0) is 37.2. The largest absolute Gasteiger partial charge is 0.497 e. The summed E-state index contributed by atoms with van der Waals surface area (Å²) in [7, 11) is 3.56. The molecule has 13 nitrogen and oxygen atoms in total. The van der Waals surface area contributed by atoms with E-state index in [0.717, 1.165) is 23.9 Å². The van der Waals surface area contributed by atoms with Crippen LogP contribution in [0.4, 0.5) is 4.79 Å². The molecule has 3 aromatic rings. The van der Waals surface area contributed by atoms with Crippen molar-refractivity contribution in [3.8, 4) is 22.8 Å². The Bertz CT molecular complexity index is 1810. The number of hydrogen-bond acceptors (Lipinski definition) is 9. The molecule has 5 atom stereocenters. The van der Waals surface area contributed by atoms with E-state index in [4.69, 9.17) is 19.2 Å². The van der Waals surface area contributed by atoms with Gasteiger partial charge in [-0.1, -0.05) is 30.3 Å². The van der Waals surface area contributed by atoms with E-state index in [1.807, 2.05) is 61.6 Å². The lowest BCUT2D eigenvalue weighted by Gasteiger charge is -2.30. The maximum atomic E-state index is 14.5. The summed E-state index contributed by atoms with van der Waals surface area (Å²) >= 11 is 0. The fourth-order valence-electron chi connectivity index (χ4n) is 7.29. The molecule has 1 saturated carbocycles. The van der Waals surface area contributed by atoms with Gasteiger partial charge in [0, 0.05) is 29.5 Å². The van der Waals surface area contributed by atoms with Crippen molar-refractivity contribution < 1.29 is 38.5 Å². The standard InChI is InChI=1S/C39H49N5O8/c1-38(2,3)52-37(49)41-29-13-9-10-17-43(4)18-16-25-22-39(25,36(47)48)42-34(45)32-20-27(23-44(32)35(29)46)51-33-21-30(24-11-7-6-8-12-24)40-31-19-26(50-5)14-15-28(31)33/h6-8,11-12,14-15,19,21,25,27,29,32H,9-10,13,16-18,20,22-23H2,1-5H3,(H,41,49)(H,42,45)(H,47,48)/t25?,27-,29+,32+,39-/m1/s1. The molecule has 3 fully saturated rings. The topological polar surface area (TPSA) is 160 Å². The van der Waals surface area contributed by atoms with Crippen molar-refractivity contribution in [1.29, 1.82) is 0 Å². The molecule has 0 bridgehead atoms. The first-order valence-electron chi connectivity index (χ1n) is 18.0. The third kappa shape index (κ3) is 8.25. The minimum Gasteiger partial charge on any atom is -0.497 e. The average Bonchev–Trinajstić information content (AvgIpc) is 3.65. The number of carboxylic acid groups (broad SMARTS) is 1. The number of nitrogens with zero attached hydrogens (tertiary/aromatic N) is 3. The molecule has 2 saturated heterocycles. The van der Waals surface area contributed by atoms with Gasteiger partial charge in [0.05, 0.1) is 24.9 Å². The number of methoxy groups -OCH3 is 1. The number of alkyl carbamates (subject to hydrolysis) is 1. The van der Waals surface area contributed by atoms with E-state index in [9.17, 15) is 24.3 Å². The highest BCUT2D eigenvalue weighted by Gasteiger charge is 2.62. The number of carbonyl (C=O) groups excluding carboxylic acids is 3. The molecule has 3 heterocycles. The number of nitrogens with one attached hydrogen (secondary N) is 2. The van der Waals surface area contributed by atoms with Crippen molar-refractivity contribution >= 4 is 34.8 Å². The van der Waals surface area contributed by atoms with Crippen LogP contribution in [0.5, 0.6) is 11.5 Å². The summed E-state index contributed by atoms with van der Waals surface area (Å²) in [5.41, 5.74) is 0.0180. The molecule has 1 aromatic heterocycles. The van der Waals surface area contributed by atoms with Crippen LogP contribution < -0.4 is 20.1 Å². The van der Waals surface area contributed by atoms with E-state index < -0.39 is 53.2 Å². The number of fused-ring (bicyclic) bond motifs is 3. The van der Waals surface area contributed by atoms with Gasteiger partial charge in [0.1, 0.15) is 40.8 Å². The molecular weight excluding hydrogens is 666 g/mol. The lowest BCUT2D eigenvalue weighted by Crippen LogP contribution is -2.56. The van der Waals surface area contributed by atoms with E-state index in [0.29, 0.717) is 54.9 Å². The Kier molecular flexibility index (Phi) is 10.6. The van der Waals surface area contributed by atoms with E-state index in [2.05, 4.69) is 15.5 Å². The first-order chi connectivity index (χ1) is 24.8. The minimum atomic E-state index is -1.40. The first-order valence-corrected chi connectivity index (χ1v) is 18.0. The van der Waals surface area contributed by atoms with E-state index in [1.165, 1.54) is 4.90 Å². The van der Waals surface area contributed by atoms with Crippen LogP contribution in [0.25, 0.3) is 22.2 Å². The van der Waals surface area contributed by atoms with Crippen LogP contribution in [0.3, 0.4) is 0 Å². The summed E-state index contributed by atoms with van der Waals surface area (Å²) in [6.45, 7) is 6.69. The SMILES string of the molecule is COc1ccc2c(O[C@@H]3C[C@H]4C(=O)N[C@]5(C(=O)O)CC5CCN(C)CCCC[C@H](NC(=O)OC(C)(C)C)C(=O)N4C3)cc(-c3ccccc3)nc2c1. The lowest BCUT2D eigenvalue weighted by molar-refractivity contribution is -0.146. The zero-order valence-corrected chi connectivity index (χ0v) is 30.5. The second-order valence-corrected chi connectivity index (χ2v) is 15.2. The summed E-state index contributed by atoms with van der Waals surface area (Å²) < 4.78 is 17.7. The van der Waals surface area contributed by atoms with Crippen LogP contribution in [0, 0.1) is 5.92 Å². The van der Waals surface area contributed by atoms with Crippen LogP contribution in [-0.2, 0) is 19.1 Å². The van der Waals surface area contributed by atoms with Gasteiger partial charge in [0.25, 0.3) is 0 Å². The van der Waals surface area contributed by atoms with Crippen LogP contribution >= 0.6 is 0 Å². The second-order valence-electron chi connectivity index (χ2n) is 15.2. The predicted molar refractivity (Wildman–Crippen MR) is 194 cm³/mol. The highest BCUT2D eigenvalue weighted by atomic mass is 16.6. The Labute approximate surface area is 304 Å². The molecule has 6 rings (SSSR count). The molecule has 3 N–H and O–H groups in total. The van der Waals surface area contributed by atoms with Gasteiger partial charge in [0.2, 0.25) is 11.8 Å². The minimum absolute atomic E-state index is 0.0380. The van der Waals surface area contributed by atoms with Gasteiger partial charge in [-0.3, -0.25) is 9.59 Å². The number of ether oxygens (including phenoxy) is 3. The highest BCUT2D eigenvalue weighted by Crippen LogP contribution is 2.47. The number of hydrogen-bond donors (Lipinski definition) is 3. The Morgan fingerprint density at radius 1 is 1.04 bits per heavy atom. The van der Waals surface area contributed by atoms with Gasteiger partial charge < -0.3 is 39.8 Å². The van der Waals surface area contributed by atoms with E-state index in [-0.39, 0.29) is 18.9 Å². The van der Waals surface area contributed by atoms with Gasteiger partial charge in [-0.25, -0.2) is 14.6 Å². The molecule has 0 radical (unpaired) electrons. The lowest BCUT2D eigenvalue weighted by atomic mass is 10.1. The van der Waals surface area contributed by atoms with Gasteiger partial charge in [-0.05, 0) is 91.1 Å². The molecule has 52 heavy (non-hydrogen) atoms. The van der Waals surface area contributed by atoms with E-state index in [1.54, 1.807) is 27.9 Å². The quantitative estimate of drug-likeness (QED) is 0.329. The zero-order valence-electron chi connectivity index (χ0n) is 30.5. The van der Waals surface area contributed by atoms with Gasteiger partial charge in [-0.15, -0.1) is 0 Å². The highest BCUT2D eigenvalue weighted by molar-refractivity contribution is 5.96. The number of aliphatic carboxylic acids is 1. The molecule has 0 spiro atoms. The van der Waals surface area contributed by atoms with Crippen molar-refractivity contribution in [1.82, 2.24) is 25.4 Å². The van der Waals surface area contributed by atoms with Crippen LogP contribution in [0.2, 0.25) is 0 Å². The molecule has 1 aliphatic carbocycles. The molecule has 1 unspecified atom stereocenters. The van der Waals surface area contributed by atoms with Crippen LogP contribution in [-0.4, -0.2) is 107 Å². The summed E-state index contributed by atoms with van der Waals surface area (Å²) in [5.74, 6) is -1.17. The van der Waals surface area contributed by atoms with Crippen LogP contribution in [0.1, 0.15) is 59.3 Å². The molecule has 2 aromatic carbocycles. The van der Waals surface area contributed by atoms with Crippen molar-refractivity contribution in [2.24, 2.45) is 5.92 Å². The van der Waals surface area contributed by atoms with Crippen molar-refractivity contribution in [3.05, 3.63) is 54.6 Å². The predicted octanol–water partition coefficient (Wildman–Crippen LogP) is 4.62. The Morgan fingerprint density at radius 2 is 1.81 bits per heavy atom. The summed E-state index contributed by atoms with van der Waals surface area (Å²) in [5, 5.41) is 16.6. The summed E-state index contributed by atoms with van der Waals surface area (Å²) in [6, 6.07) is 15.0. The van der Waals surface area contributed by atoms with Crippen molar-refractivity contribution in [2.45, 2.75) is 88.6 Å². The van der Waals surface area contributed by atoms with E-state index >= 15 is 0 Å². The summed E-state index contributed by atoms with van der Waals surface area (Å²) in [6.07, 6.45) is 1.42. The number of carboxylic acids is 1. The molecule has 278 valence electrons. The number of pyridine rings is 1. The average molecular weight is 716 g/mol. The second kappa shape index (κ2) is 15.0. The fourth-order valence-corrected chi connectivity index (χ4v) is 7.29. The number of amides is 3. The van der Waals surface area contributed by atoms with Gasteiger partial charge in [-0.2, -0.15) is 0 Å². The summed E-state index contributed by atoms with van der Waals surface area (Å²) in [4.78, 5) is 62.7. The third-order valence-corrected chi connectivity index (χ3v) is 10.2. The van der Waals surface area contributed by atoms with Crippen molar-refractivity contribution in [3.63, 3.8) is 0 Å². The van der Waals surface area contributed by atoms with Crippen LogP contribution in [0.15, 0.2) is 54.6 Å². The Balaban J connectivity index is 1.34. The molecule has 3 amide bonds. The smallest absolute Gasteiger partial charge is 0.408 e. The third-order valence-electron chi connectivity index (χ3n) is 10.2. The normalized spacial score (nSPS) is 25.9. The Morgan fingerprint density at radius 3 is 2.52 bits per heavy atom. The molecular formula is C39H49N5O8. The Hall–Kier alpha value is -4.91. The van der Waals surface area contributed by atoms with Gasteiger partial charge in [0.15, 0.2) is 0 Å². The maximum absolute atomic E-state index is 14.5. The van der Waals surface area contributed by atoms with Gasteiger partial charge >= 0.3 is 12.1 Å². The first kappa shape index (κ1) is 36.9. The van der Waals surface area contributed by atoms with Crippen molar-refractivity contribution in [2.75, 3.05) is 33.8 Å². The fraction of sp³-hybridized carbons (Fsp3) is 0.513. The maximum Gasteiger partial charge on any atom is 0.408 e. The molecule has 3 aliphatic rings. The number of aromatic nitrogens is 1. The number of rotatable bonds is 6. The monoisotopic (exact) mass is 715 g/mol. The molecule has 2 aliphatic heterocycles. The number of carbonyl (C=O) groups is 4. The molecule has 13 heteroatoms. The number of benzene rings is 2.